The van der Waals surface area contributed by atoms with Crippen LogP contribution in [0.3, 0.4) is 0 Å². The Balaban J connectivity index is 2.23. The molecule has 0 bridgehead atoms. The molecule has 2 rings (SSSR count). The third-order valence-electron chi connectivity index (χ3n) is 3.60. The molecule has 0 spiro atoms. The van der Waals surface area contributed by atoms with E-state index in [0.29, 0.717) is 18.1 Å². The van der Waals surface area contributed by atoms with E-state index in [1.807, 2.05) is 12.1 Å². The predicted molar refractivity (Wildman–Crippen MR) is 72.9 cm³/mol. The van der Waals surface area contributed by atoms with E-state index in [1.165, 1.54) is 5.56 Å². The van der Waals surface area contributed by atoms with Gasteiger partial charge < -0.3 is 14.8 Å². The van der Waals surface area contributed by atoms with E-state index in [9.17, 15) is 0 Å². The first-order valence-electron chi connectivity index (χ1n) is 6.74. The van der Waals surface area contributed by atoms with Crippen molar-refractivity contribution in [2.45, 2.75) is 32.4 Å². The fourth-order valence-electron chi connectivity index (χ4n) is 2.76. The van der Waals surface area contributed by atoms with Crippen molar-refractivity contribution >= 4 is 0 Å². The number of para-hydroxylation sites is 1. The summed E-state index contributed by atoms with van der Waals surface area (Å²) in [5, 5.41) is 3.58. The van der Waals surface area contributed by atoms with Crippen molar-refractivity contribution in [3.05, 3.63) is 29.8 Å². The molecule has 1 saturated heterocycles. The fourth-order valence-corrected chi connectivity index (χ4v) is 2.76. The summed E-state index contributed by atoms with van der Waals surface area (Å²) in [6.07, 6.45) is 1.47. The number of nitrogens with one attached hydrogen (secondary N) is 1. The van der Waals surface area contributed by atoms with E-state index in [2.05, 4.69) is 31.3 Å². The molecule has 0 aromatic heterocycles. The highest BCUT2D eigenvalue weighted by molar-refractivity contribution is 5.36. The summed E-state index contributed by atoms with van der Waals surface area (Å²) in [5.74, 6) is 1.49. The number of methoxy groups -OCH3 is 1. The van der Waals surface area contributed by atoms with Crippen molar-refractivity contribution in [2.75, 3.05) is 20.3 Å². The van der Waals surface area contributed by atoms with Crippen LogP contribution in [-0.2, 0) is 4.74 Å². The van der Waals surface area contributed by atoms with Gasteiger partial charge in [-0.15, -0.1) is 0 Å². The molecule has 1 N–H and O–H groups in total. The van der Waals surface area contributed by atoms with Gasteiger partial charge in [0.1, 0.15) is 5.75 Å². The molecule has 3 atom stereocenters. The van der Waals surface area contributed by atoms with Crippen molar-refractivity contribution in [3.63, 3.8) is 0 Å². The van der Waals surface area contributed by atoms with Crippen LogP contribution in [0, 0.1) is 5.92 Å². The van der Waals surface area contributed by atoms with Gasteiger partial charge in [0.2, 0.25) is 0 Å². The Morgan fingerprint density at radius 1 is 1.44 bits per heavy atom. The lowest BCUT2D eigenvalue weighted by Crippen LogP contribution is -2.29. The Labute approximate surface area is 109 Å². The van der Waals surface area contributed by atoms with Gasteiger partial charge in [-0.25, -0.2) is 0 Å². The summed E-state index contributed by atoms with van der Waals surface area (Å²) in [7, 11) is 1.73. The standard InChI is InChI=1S/C15H23NO2/c1-4-16-15(12-9-11(2)18-10-12)13-7-5-6-8-14(13)17-3/h5-8,11-12,15-16H,4,9-10H2,1-3H3. The molecule has 1 aromatic carbocycles. The van der Waals surface area contributed by atoms with Crippen LogP contribution in [-0.4, -0.2) is 26.4 Å². The number of benzene rings is 1. The molecule has 1 aliphatic heterocycles. The normalized spacial score (nSPS) is 25.1. The summed E-state index contributed by atoms with van der Waals surface area (Å²) < 4.78 is 11.2. The Bertz CT molecular complexity index is 381. The van der Waals surface area contributed by atoms with Gasteiger partial charge in [0.25, 0.3) is 0 Å². The van der Waals surface area contributed by atoms with Crippen LogP contribution >= 0.6 is 0 Å². The average molecular weight is 249 g/mol. The first-order valence-corrected chi connectivity index (χ1v) is 6.74. The monoisotopic (exact) mass is 249 g/mol. The van der Waals surface area contributed by atoms with Crippen LogP contribution in [0.25, 0.3) is 0 Å². The van der Waals surface area contributed by atoms with Gasteiger partial charge in [0.05, 0.1) is 19.8 Å². The zero-order valence-corrected chi connectivity index (χ0v) is 11.5. The Morgan fingerprint density at radius 3 is 2.83 bits per heavy atom. The van der Waals surface area contributed by atoms with Crippen molar-refractivity contribution in [1.29, 1.82) is 0 Å². The number of ether oxygens (including phenoxy) is 2. The van der Waals surface area contributed by atoms with Gasteiger partial charge in [-0.05, 0) is 26.0 Å². The summed E-state index contributed by atoms with van der Waals surface area (Å²) in [5.41, 5.74) is 1.24. The summed E-state index contributed by atoms with van der Waals surface area (Å²) >= 11 is 0. The van der Waals surface area contributed by atoms with Crippen LogP contribution in [0.5, 0.6) is 5.75 Å². The molecule has 18 heavy (non-hydrogen) atoms. The van der Waals surface area contributed by atoms with E-state index < -0.39 is 0 Å². The Kier molecular flexibility index (Phi) is 4.61. The molecule has 0 amide bonds. The fraction of sp³-hybridized carbons (Fsp3) is 0.600. The van der Waals surface area contributed by atoms with Crippen LogP contribution in [0.2, 0.25) is 0 Å². The Hall–Kier alpha value is -1.06. The van der Waals surface area contributed by atoms with Crippen LogP contribution in [0.1, 0.15) is 31.9 Å². The number of hydrogen-bond donors (Lipinski definition) is 1. The minimum atomic E-state index is 0.316. The second kappa shape index (κ2) is 6.21. The zero-order valence-electron chi connectivity index (χ0n) is 11.5. The first-order chi connectivity index (χ1) is 8.76. The van der Waals surface area contributed by atoms with Gasteiger partial charge in [-0.3, -0.25) is 0 Å². The van der Waals surface area contributed by atoms with Crippen molar-refractivity contribution in [1.82, 2.24) is 5.32 Å². The summed E-state index contributed by atoms with van der Waals surface area (Å²) in [6, 6.07) is 8.57. The van der Waals surface area contributed by atoms with E-state index in [0.717, 1.165) is 25.3 Å². The molecule has 0 aliphatic carbocycles. The molecular formula is C15H23NO2. The second-order valence-corrected chi connectivity index (χ2v) is 4.92. The molecule has 3 heteroatoms. The van der Waals surface area contributed by atoms with Gasteiger partial charge in [0, 0.05) is 17.5 Å². The smallest absolute Gasteiger partial charge is 0.123 e. The molecule has 3 unspecified atom stereocenters. The zero-order chi connectivity index (χ0) is 13.0. The average Bonchev–Trinajstić information content (AvgIpc) is 2.82. The van der Waals surface area contributed by atoms with Gasteiger partial charge in [-0.1, -0.05) is 25.1 Å². The van der Waals surface area contributed by atoms with E-state index in [1.54, 1.807) is 7.11 Å². The summed E-state index contributed by atoms with van der Waals surface area (Å²) in [4.78, 5) is 0. The molecule has 0 radical (unpaired) electrons. The lowest BCUT2D eigenvalue weighted by molar-refractivity contribution is 0.117. The van der Waals surface area contributed by atoms with Gasteiger partial charge >= 0.3 is 0 Å². The number of rotatable bonds is 5. The van der Waals surface area contributed by atoms with Crippen LogP contribution in [0.4, 0.5) is 0 Å². The van der Waals surface area contributed by atoms with Crippen molar-refractivity contribution in [2.24, 2.45) is 5.92 Å². The van der Waals surface area contributed by atoms with Crippen molar-refractivity contribution < 1.29 is 9.47 Å². The summed E-state index contributed by atoms with van der Waals surface area (Å²) in [6.45, 7) is 6.07. The molecule has 100 valence electrons. The van der Waals surface area contributed by atoms with E-state index in [4.69, 9.17) is 9.47 Å². The first kappa shape index (κ1) is 13.4. The second-order valence-electron chi connectivity index (χ2n) is 4.92. The van der Waals surface area contributed by atoms with Crippen LogP contribution < -0.4 is 10.1 Å². The maximum atomic E-state index is 5.71. The van der Waals surface area contributed by atoms with Gasteiger partial charge in [0.15, 0.2) is 0 Å². The van der Waals surface area contributed by atoms with E-state index >= 15 is 0 Å². The lowest BCUT2D eigenvalue weighted by Gasteiger charge is -2.25. The minimum absolute atomic E-state index is 0.316. The highest BCUT2D eigenvalue weighted by atomic mass is 16.5. The molecule has 1 aromatic rings. The molecular weight excluding hydrogens is 226 g/mol. The third kappa shape index (κ3) is 2.85. The number of hydrogen-bond acceptors (Lipinski definition) is 3. The van der Waals surface area contributed by atoms with Crippen LogP contribution in [0.15, 0.2) is 24.3 Å². The highest BCUT2D eigenvalue weighted by Crippen LogP contribution is 2.35. The van der Waals surface area contributed by atoms with E-state index in [-0.39, 0.29) is 0 Å². The maximum absolute atomic E-state index is 5.71. The molecule has 1 fully saturated rings. The largest absolute Gasteiger partial charge is 0.496 e. The minimum Gasteiger partial charge on any atom is -0.496 e. The third-order valence-corrected chi connectivity index (χ3v) is 3.60. The predicted octanol–water partition coefficient (Wildman–Crippen LogP) is 2.77. The molecule has 1 aliphatic rings. The maximum Gasteiger partial charge on any atom is 0.123 e. The molecule has 0 saturated carbocycles. The topological polar surface area (TPSA) is 30.5 Å². The molecule has 3 nitrogen and oxygen atoms in total. The highest BCUT2D eigenvalue weighted by Gasteiger charge is 2.31. The van der Waals surface area contributed by atoms with Gasteiger partial charge in [-0.2, -0.15) is 0 Å². The lowest BCUT2D eigenvalue weighted by atomic mass is 9.90. The Morgan fingerprint density at radius 2 is 2.22 bits per heavy atom. The SMILES string of the molecule is CCNC(c1ccccc1OC)C1COC(C)C1. The quantitative estimate of drug-likeness (QED) is 0.870. The van der Waals surface area contributed by atoms with Crippen molar-refractivity contribution in [3.8, 4) is 5.75 Å². The molecule has 1 heterocycles.